The minimum atomic E-state index is -4.10. The molecule has 0 aromatic heterocycles. The summed E-state index contributed by atoms with van der Waals surface area (Å²) in [4.78, 5) is 26.9. The Bertz CT molecular complexity index is 1400. The Morgan fingerprint density at radius 3 is 2.53 bits per heavy atom. The Labute approximate surface area is 266 Å². The highest BCUT2D eigenvalue weighted by atomic mass is 32.2. The van der Waals surface area contributed by atoms with Crippen LogP contribution in [-0.4, -0.2) is 94.6 Å². The Morgan fingerprint density at radius 2 is 1.84 bits per heavy atom. The van der Waals surface area contributed by atoms with E-state index in [1.54, 1.807) is 12.1 Å². The average molecular weight is 646 g/mol. The molecule has 2 aliphatic rings. The quantitative estimate of drug-likeness (QED) is 0.298. The van der Waals surface area contributed by atoms with E-state index in [2.05, 4.69) is 5.32 Å². The number of sulfonamides is 1. The van der Waals surface area contributed by atoms with Gasteiger partial charge in [0.2, 0.25) is 10.0 Å². The number of hydrogen-bond acceptors (Lipinski definition) is 9. The third-order valence-corrected chi connectivity index (χ3v) is 10.2. The third-order valence-electron chi connectivity index (χ3n) is 8.43. The van der Waals surface area contributed by atoms with Crippen molar-refractivity contribution in [1.82, 2.24) is 9.62 Å². The van der Waals surface area contributed by atoms with Gasteiger partial charge in [-0.3, -0.25) is 0 Å². The Hall–Kier alpha value is -3.03. The number of aliphatic hydroxyl groups is 1. The Kier molecular flexibility index (Phi) is 11.6. The van der Waals surface area contributed by atoms with Crippen molar-refractivity contribution in [2.75, 3.05) is 45.3 Å². The van der Waals surface area contributed by atoms with Gasteiger partial charge in [-0.05, 0) is 55.4 Å². The molecule has 2 saturated heterocycles. The monoisotopic (exact) mass is 645 g/mol. The van der Waals surface area contributed by atoms with Crippen LogP contribution in [0.25, 0.3) is 0 Å². The number of carbonyl (C=O) groups excluding carboxylic acids is 2. The van der Waals surface area contributed by atoms with Crippen molar-refractivity contribution < 1.29 is 37.3 Å². The van der Waals surface area contributed by atoms with Crippen LogP contribution in [0.4, 0.5) is 10.5 Å². The summed E-state index contributed by atoms with van der Waals surface area (Å²) in [5.41, 5.74) is 0.983. The molecule has 4 unspecified atom stereocenters. The van der Waals surface area contributed by atoms with Crippen LogP contribution in [0.3, 0.4) is 0 Å². The molecule has 4 rings (SSSR count). The average Bonchev–Trinajstić information content (AvgIpc) is 3.61. The summed E-state index contributed by atoms with van der Waals surface area (Å²) in [5.74, 6) is -0.0333. The molecule has 2 N–H and O–H groups in total. The molecule has 0 bridgehead atoms. The van der Waals surface area contributed by atoms with E-state index in [-0.39, 0.29) is 49.0 Å². The van der Waals surface area contributed by atoms with Gasteiger partial charge in [-0.25, -0.2) is 13.2 Å². The number of benzene rings is 2. The summed E-state index contributed by atoms with van der Waals surface area (Å²) in [6.45, 7) is 5.84. The van der Waals surface area contributed by atoms with E-state index in [9.17, 15) is 23.1 Å². The molecule has 248 valence electrons. The van der Waals surface area contributed by atoms with Crippen molar-refractivity contribution in [2.45, 2.75) is 75.9 Å². The molecule has 2 fully saturated rings. The maximum Gasteiger partial charge on any atom is 0.407 e. The molecule has 1 amide bonds. The largest absolute Gasteiger partial charge is 0.443 e. The first kappa shape index (κ1) is 34.8. The maximum absolute atomic E-state index is 14.2. The van der Waals surface area contributed by atoms with Crippen molar-refractivity contribution in [3.8, 4) is 0 Å². The van der Waals surface area contributed by atoms with E-state index in [4.69, 9.17) is 14.2 Å². The van der Waals surface area contributed by atoms with Crippen LogP contribution in [0.1, 0.15) is 45.6 Å². The highest BCUT2D eigenvalue weighted by Crippen LogP contribution is 2.33. The van der Waals surface area contributed by atoms with Crippen LogP contribution in [-0.2, 0) is 35.4 Å². The van der Waals surface area contributed by atoms with E-state index < -0.39 is 39.8 Å². The molecule has 2 aromatic carbocycles. The first-order valence-corrected chi connectivity index (χ1v) is 16.9. The summed E-state index contributed by atoms with van der Waals surface area (Å²) in [7, 11) is -0.444. The molecular formula is C33H47N3O8S. The van der Waals surface area contributed by atoms with E-state index >= 15 is 0 Å². The number of ketones is 1. The molecule has 2 aliphatic heterocycles. The molecule has 45 heavy (non-hydrogen) atoms. The lowest BCUT2D eigenvalue weighted by Crippen LogP contribution is -2.52. The Balaban J connectivity index is 1.59. The number of nitrogens with one attached hydrogen (secondary N) is 1. The molecule has 11 nitrogen and oxygen atoms in total. The van der Waals surface area contributed by atoms with Crippen LogP contribution < -0.4 is 10.2 Å². The number of nitrogens with zero attached hydrogens (tertiary/aromatic N) is 2. The highest BCUT2D eigenvalue weighted by molar-refractivity contribution is 7.89. The van der Waals surface area contributed by atoms with E-state index in [1.165, 1.54) is 17.3 Å². The van der Waals surface area contributed by atoms with Gasteiger partial charge in [-0.15, -0.1) is 0 Å². The summed E-state index contributed by atoms with van der Waals surface area (Å²) in [5, 5.41) is 14.5. The highest BCUT2D eigenvalue weighted by Gasteiger charge is 2.44. The van der Waals surface area contributed by atoms with Gasteiger partial charge in [-0.1, -0.05) is 50.2 Å². The lowest BCUT2D eigenvalue weighted by atomic mass is 9.87. The lowest BCUT2D eigenvalue weighted by molar-refractivity contribution is -0.117. The van der Waals surface area contributed by atoms with Crippen LogP contribution >= 0.6 is 0 Å². The molecule has 0 aliphatic carbocycles. The second kappa shape index (κ2) is 15.0. The number of rotatable bonds is 15. The van der Waals surface area contributed by atoms with Crippen LogP contribution in [0.15, 0.2) is 59.5 Å². The number of Topliss-reactive ketones (excluding diaryl/α,β-unsaturated/α-hetero) is 1. The van der Waals surface area contributed by atoms with Gasteiger partial charge >= 0.3 is 6.09 Å². The third kappa shape index (κ3) is 9.49. The number of alkyl carbamates (subject to hydrolysis) is 1. The van der Waals surface area contributed by atoms with Gasteiger partial charge in [0, 0.05) is 39.3 Å². The SMILES string of the molecule is CC(=O)CCC(C)(C)CN(CC(O)[C@H](Cc1ccccc1)NC(=O)OC1COC2OCCC12)S(=O)(=O)c1cccc(N(C)C)c1. The topological polar surface area (TPSA) is 135 Å². The molecule has 0 spiro atoms. The number of hydrogen-bond donors (Lipinski definition) is 2. The van der Waals surface area contributed by atoms with Gasteiger partial charge in [-0.2, -0.15) is 4.31 Å². The number of anilines is 1. The maximum atomic E-state index is 14.2. The fourth-order valence-electron chi connectivity index (χ4n) is 5.75. The van der Waals surface area contributed by atoms with Gasteiger partial charge in [0.05, 0.1) is 36.2 Å². The second-order valence-electron chi connectivity index (χ2n) is 13.0. The van der Waals surface area contributed by atoms with Crippen molar-refractivity contribution in [3.05, 3.63) is 60.2 Å². The van der Waals surface area contributed by atoms with Gasteiger partial charge in [0.1, 0.15) is 11.9 Å². The van der Waals surface area contributed by atoms with Crippen LogP contribution in [0.5, 0.6) is 0 Å². The predicted molar refractivity (Wildman–Crippen MR) is 170 cm³/mol. The summed E-state index contributed by atoms with van der Waals surface area (Å²) >= 11 is 0. The zero-order valence-electron chi connectivity index (χ0n) is 26.8. The number of fused-ring (bicyclic) bond motifs is 1. The number of carbonyl (C=O) groups is 2. The molecule has 2 aromatic rings. The van der Waals surface area contributed by atoms with Gasteiger partial charge in [0.25, 0.3) is 0 Å². The second-order valence-corrected chi connectivity index (χ2v) is 15.0. The van der Waals surface area contributed by atoms with Gasteiger partial charge in [0.15, 0.2) is 6.29 Å². The minimum Gasteiger partial charge on any atom is -0.443 e. The molecule has 12 heteroatoms. The minimum absolute atomic E-state index is 0.0185. The van der Waals surface area contributed by atoms with E-state index in [0.29, 0.717) is 25.1 Å². The zero-order chi connectivity index (χ0) is 32.8. The van der Waals surface area contributed by atoms with Crippen LogP contribution in [0, 0.1) is 11.3 Å². The fourth-order valence-corrected chi connectivity index (χ4v) is 7.43. The molecule has 2 heterocycles. The van der Waals surface area contributed by atoms with Crippen LogP contribution in [0.2, 0.25) is 0 Å². The predicted octanol–water partition coefficient (Wildman–Crippen LogP) is 3.60. The lowest BCUT2D eigenvalue weighted by Gasteiger charge is -2.35. The normalized spacial score (nSPS) is 21.3. The number of aliphatic hydroxyl groups excluding tert-OH is 1. The standard InChI is InChI=1S/C33H47N3O8S/c1-23(37)14-16-33(2,3)22-36(45(40,41)26-13-9-12-25(19-26)35(4)5)20-29(38)28(18-24-10-7-6-8-11-24)34-32(39)44-30-21-43-31-27(30)15-17-42-31/h6-13,19,27-31,38H,14-18,20-22H2,1-5H3,(H,34,39)/t27?,28-,29?,30?,31?/m0/s1. The Morgan fingerprint density at radius 1 is 1.11 bits per heavy atom. The van der Waals surface area contributed by atoms with E-state index in [0.717, 1.165) is 12.0 Å². The summed E-state index contributed by atoms with van der Waals surface area (Å²) < 4.78 is 46.5. The van der Waals surface area contributed by atoms with Crippen molar-refractivity contribution in [2.24, 2.45) is 11.3 Å². The van der Waals surface area contributed by atoms with Crippen molar-refractivity contribution in [1.29, 1.82) is 0 Å². The molecule has 5 atom stereocenters. The van der Waals surface area contributed by atoms with Crippen molar-refractivity contribution in [3.63, 3.8) is 0 Å². The smallest absolute Gasteiger partial charge is 0.407 e. The van der Waals surface area contributed by atoms with E-state index in [1.807, 2.05) is 69.2 Å². The zero-order valence-corrected chi connectivity index (χ0v) is 27.7. The first-order valence-electron chi connectivity index (χ1n) is 15.4. The first-order chi connectivity index (χ1) is 21.2. The molecule has 0 saturated carbocycles. The summed E-state index contributed by atoms with van der Waals surface area (Å²) in [6, 6.07) is 15.1. The fraction of sp³-hybridized carbons (Fsp3) is 0.576. The molecular weight excluding hydrogens is 598 g/mol. The molecule has 0 radical (unpaired) electrons. The number of amides is 1. The summed E-state index contributed by atoms with van der Waals surface area (Å²) in [6.07, 6.45) is -1.14. The van der Waals surface area contributed by atoms with Gasteiger partial charge < -0.3 is 34.3 Å². The number of ether oxygens (including phenoxy) is 3. The van der Waals surface area contributed by atoms with Crippen molar-refractivity contribution >= 4 is 27.6 Å².